The molecule has 0 bridgehead atoms. The fourth-order valence-corrected chi connectivity index (χ4v) is 3.20. The Balaban J connectivity index is 3.05. The molecule has 0 aliphatic carbocycles. The van der Waals surface area contributed by atoms with Gasteiger partial charge < -0.3 is 5.11 Å². The van der Waals surface area contributed by atoms with Crippen LogP contribution in [0.4, 0.5) is 5.69 Å². The molecular weight excluding hydrogens is 308 g/mol. The van der Waals surface area contributed by atoms with Gasteiger partial charge in [0.05, 0.1) is 9.82 Å². The standard InChI is InChI=1S/C11H15ClN2O5S/c1-8-6-9(12)10(14(16)17)7-11(8)20(18,19)13-4-2-3-5-15/h6-7,13,15H,2-5H2,1H3. The van der Waals surface area contributed by atoms with Crippen molar-refractivity contribution < 1.29 is 18.4 Å². The Morgan fingerprint density at radius 2 is 2.05 bits per heavy atom. The highest BCUT2D eigenvalue weighted by atomic mass is 35.5. The van der Waals surface area contributed by atoms with E-state index in [0.29, 0.717) is 18.4 Å². The number of benzene rings is 1. The molecule has 20 heavy (non-hydrogen) atoms. The van der Waals surface area contributed by atoms with E-state index in [4.69, 9.17) is 16.7 Å². The molecule has 1 rings (SSSR count). The van der Waals surface area contributed by atoms with Crippen LogP contribution in [0.2, 0.25) is 5.02 Å². The molecule has 0 saturated heterocycles. The van der Waals surface area contributed by atoms with Crippen LogP contribution in [-0.2, 0) is 10.0 Å². The van der Waals surface area contributed by atoms with Crippen molar-refractivity contribution in [3.63, 3.8) is 0 Å². The van der Waals surface area contributed by atoms with E-state index in [1.54, 1.807) is 0 Å². The average Bonchev–Trinajstić information content (AvgIpc) is 2.33. The van der Waals surface area contributed by atoms with Crippen molar-refractivity contribution in [2.75, 3.05) is 13.2 Å². The van der Waals surface area contributed by atoms with E-state index in [9.17, 15) is 18.5 Å². The minimum Gasteiger partial charge on any atom is -0.396 e. The van der Waals surface area contributed by atoms with Crippen molar-refractivity contribution in [3.05, 3.63) is 32.8 Å². The maximum absolute atomic E-state index is 12.1. The van der Waals surface area contributed by atoms with E-state index < -0.39 is 20.6 Å². The second-order valence-corrected chi connectivity index (χ2v) is 6.30. The number of halogens is 1. The Morgan fingerprint density at radius 3 is 2.60 bits per heavy atom. The third kappa shape index (κ3) is 4.14. The molecule has 0 saturated carbocycles. The van der Waals surface area contributed by atoms with Gasteiger partial charge in [-0.3, -0.25) is 10.1 Å². The Hall–Kier alpha value is -1.22. The van der Waals surface area contributed by atoms with E-state index >= 15 is 0 Å². The number of nitro benzene ring substituents is 1. The van der Waals surface area contributed by atoms with Crippen LogP contribution in [-0.4, -0.2) is 31.6 Å². The first-order valence-electron chi connectivity index (χ1n) is 5.84. The zero-order valence-corrected chi connectivity index (χ0v) is 12.4. The van der Waals surface area contributed by atoms with E-state index in [-0.39, 0.29) is 23.1 Å². The number of aryl methyl sites for hydroxylation is 1. The number of sulfonamides is 1. The van der Waals surface area contributed by atoms with Crippen LogP contribution in [0, 0.1) is 17.0 Å². The van der Waals surface area contributed by atoms with Crippen molar-refractivity contribution in [2.24, 2.45) is 0 Å². The Bertz CT molecular complexity index is 603. The molecular formula is C11H15ClN2O5S. The first-order chi connectivity index (χ1) is 9.29. The number of rotatable bonds is 7. The molecule has 0 aliphatic heterocycles. The van der Waals surface area contributed by atoms with Crippen LogP contribution in [0.5, 0.6) is 0 Å². The zero-order valence-electron chi connectivity index (χ0n) is 10.8. The Morgan fingerprint density at radius 1 is 1.40 bits per heavy atom. The predicted molar refractivity (Wildman–Crippen MR) is 74.4 cm³/mol. The molecule has 0 unspecified atom stereocenters. The van der Waals surface area contributed by atoms with Crippen molar-refractivity contribution in [3.8, 4) is 0 Å². The van der Waals surface area contributed by atoms with Crippen LogP contribution >= 0.6 is 11.6 Å². The van der Waals surface area contributed by atoms with Gasteiger partial charge >= 0.3 is 0 Å². The summed E-state index contributed by atoms with van der Waals surface area (Å²) in [7, 11) is -3.84. The molecule has 112 valence electrons. The van der Waals surface area contributed by atoms with Gasteiger partial charge in [0.25, 0.3) is 5.69 Å². The lowest BCUT2D eigenvalue weighted by atomic mass is 10.2. The fraction of sp³-hybridized carbons (Fsp3) is 0.455. The van der Waals surface area contributed by atoms with Gasteiger partial charge in [0.1, 0.15) is 5.02 Å². The molecule has 0 aliphatic rings. The van der Waals surface area contributed by atoms with Crippen molar-refractivity contribution in [2.45, 2.75) is 24.7 Å². The quantitative estimate of drug-likeness (QED) is 0.450. The first-order valence-corrected chi connectivity index (χ1v) is 7.70. The number of nitrogens with one attached hydrogen (secondary N) is 1. The Labute approximate surface area is 121 Å². The molecule has 0 amide bonds. The summed E-state index contributed by atoms with van der Waals surface area (Å²) in [6, 6.07) is 2.20. The normalized spacial score (nSPS) is 11.6. The van der Waals surface area contributed by atoms with E-state index in [2.05, 4.69) is 4.72 Å². The number of nitrogens with zero attached hydrogens (tertiary/aromatic N) is 1. The van der Waals surface area contributed by atoms with E-state index in [1.807, 2.05) is 0 Å². The number of nitro groups is 1. The van der Waals surface area contributed by atoms with Gasteiger partial charge in [-0.05, 0) is 31.4 Å². The molecule has 1 aromatic rings. The summed E-state index contributed by atoms with van der Waals surface area (Å²) in [5.74, 6) is 0. The highest BCUT2D eigenvalue weighted by Gasteiger charge is 2.23. The Kier molecular flexibility index (Phi) is 5.88. The topological polar surface area (TPSA) is 110 Å². The lowest BCUT2D eigenvalue weighted by Crippen LogP contribution is -2.25. The smallest absolute Gasteiger partial charge is 0.289 e. The second kappa shape index (κ2) is 6.98. The van der Waals surface area contributed by atoms with Crippen LogP contribution in [0.3, 0.4) is 0 Å². The molecule has 0 fully saturated rings. The molecule has 0 aromatic heterocycles. The lowest BCUT2D eigenvalue weighted by molar-refractivity contribution is -0.384. The third-order valence-corrected chi connectivity index (χ3v) is 4.51. The molecule has 0 spiro atoms. The summed E-state index contributed by atoms with van der Waals surface area (Å²) in [5.41, 5.74) is -0.122. The van der Waals surface area contributed by atoms with Gasteiger partial charge in [0.2, 0.25) is 10.0 Å². The van der Waals surface area contributed by atoms with Crippen LogP contribution < -0.4 is 4.72 Å². The summed E-state index contributed by atoms with van der Waals surface area (Å²) < 4.78 is 26.5. The predicted octanol–water partition coefficient (Wildman–Crippen LogP) is 1.61. The average molecular weight is 323 g/mol. The molecule has 7 nitrogen and oxygen atoms in total. The van der Waals surface area contributed by atoms with Gasteiger partial charge in [-0.2, -0.15) is 0 Å². The summed E-state index contributed by atoms with van der Waals surface area (Å²) in [4.78, 5) is 9.89. The third-order valence-electron chi connectivity index (χ3n) is 2.61. The van der Waals surface area contributed by atoms with Crippen LogP contribution in [0.25, 0.3) is 0 Å². The van der Waals surface area contributed by atoms with Gasteiger partial charge in [-0.25, -0.2) is 13.1 Å². The van der Waals surface area contributed by atoms with E-state index in [1.165, 1.54) is 13.0 Å². The summed E-state index contributed by atoms with van der Waals surface area (Å²) in [5, 5.41) is 19.3. The summed E-state index contributed by atoms with van der Waals surface area (Å²) in [6.07, 6.45) is 0.951. The van der Waals surface area contributed by atoms with Crippen molar-refractivity contribution in [1.29, 1.82) is 0 Å². The summed E-state index contributed by atoms with van der Waals surface area (Å²) >= 11 is 5.71. The number of unbranched alkanes of at least 4 members (excludes halogenated alkanes) is 1. The lowest BCUT2D eigenvalue weighted by Gasteiger charge is -2.09. The second-order valence-electron chi connectivity index (χ2n) is 4.15. The maximum atomic E-state index is 12.1. The van der Waals surface area contributed by atoms with Gasteiger partial charge in [0, 0.05) is 19.2 Å². The zero-order chi connectivity index (χ0) is 15.3. The van der Waals surface area contributed by atoms with Gasteiger partial charge in [-0.1, -0.05) is 11.6 Å². The first kappa shape index (κ1) is 16.8. The monoisotopic (exact) mass is 322 g/mol. The molecule has 9 heteroatoms. The highest BCUT2D eigenvalue weighted by Crippen LogP contribution is 2.29. The number of aliphatic hydroxyl groups excluding tert-OH is 1. The SMILES string of the molecule is Cc1cc(Cl)c([N+](=O)[O-])cc1S(=O)(=O)NCCCCO. The van der Waals surface area contributed by atoms with Gasteiger partial charge in [0.15, 0.2) is 0 Å². The highest BCUT2D eigenvalue weighted by molar-refractivity contribution is 7.89. The van der Waals surface area contributed by atoms with Gasteiger partial charge in [-0.15, -0.1) is 0 Å². The van der Waals surface area contributed by atoms with Crippen LogP contribution in [0.1, 0.15) is 18.4 Å². The molecule has 1 aromatic carbocycles. The van der Waals surface area contributed by atoms with E-state index in [0.717, 1.165) is 6.07 Å². The molecule has 0 atom stereocenters. The number of aliphatic hydroxyl groups is 1. The van der Waals surface area contributed by atoms with Crippen LogP contribution in [0.15, 0.2) is 17.0 Å². The fourth-order valence-electron chi connectivity index (χ4n) is 1.59. The largest absolute Gasteiger partial charge is 0.396 e. The maximum Gasteiger partial charge on any atom is 0.289 e. The van der Waals surface area contributed by atoms with Crippen molar-refractivity contribution >= 4 is 27.3 Å². The number of hydrogen-bond donors (Lipinski definition) is 2. The summed E-state index contributed by atoms with van der Waals surface area (Å²) in [6.45, 7) is 1.64. The minimum absolute atomic E-state index is 0.0207. The molecule has 0 heterocycles. The minimum atomic E-state index is -3.84. The molecule has 2 N–H and O–H groups in total. The molecule has 0 radical (unpaired) electrons. The van der Waals surface area contributed by atoms with Crippen molar-refractivity contribution in [1.82, 2.24) is 4.72 Å². The number of hydrogen-bond acceptors (Lipinski definition) is 5.